The van der Waals surface area contributed by atoms with E-state index in [2.05, 4.69) is 4.98 Å². The molecule has 0 saturated heterocycles. The van der Waals surface area contributed by atoms with Gasteiger partial charge in [-0.15, -0.1) is 11.3 Å². The van der Waals surface area contributed by atoms with Crippen LogP contribution < -0.4 is 9.47 Å². The van der Waals surface area contributed by atoms with Crippen molar-refractivity contribution in [2.24, 2.45) is 0 Å². The van der Waals surface area contributed by atoms with Gasteiger partial charge in [0.05, 0.1) is 5.56 Å². The van der Waals surface area contributed by atoms with Gasteiger partial charge in [0, 0.05) is 17.1 Å². The second kappa shape index (κ2) is 4.42. The number of carbonyl (C=O) groups excluding carboxylic acids is 1. The number of ether oxygens (including phenoxy) is 2. The molecule has 2 heterocycles. The van der Waals surface area contributed by atoms with Gasteiger partial charge >= 0.3 is 0 Å². The zero-order chi connectivity index (χ0) is 12.5. The number of carbonyl (C=O) groups is 1. The van der Waals surface area contributed by atoms with Gasteiger partial charge in [-0.1, -0.05) is 0 Å². The summed E-state index contributed by atoms with van der Waals surface area (Å²) in [7, 11) is 0. The Labute approximate surface area is 108 Å². The average molecular weight is 261 g/mol. The number of aromatic nitrogens is 1. The van der Waals surface area contributed by atoms with Crippen LogP contribution in [-0.2, 0) is 6.61 Å². The molecular formula is C13H11NO3S. The number of nitrogens with zero attached hydrogens (tertiary/aromatic N) is 1. The van der Waals surface area contributed by atoms with Crippen molar-refractivity contribution in [1.29, 1.82) is 0 Å². The van der Waals surface area contributed by atoms with Crippen molar-refractivity contribution in [3.8, 4) is 11.5 Å². The molecule has 18 heavy (non-hydrogen) atoms. The van der Waals surface area contributed by atoms with E-state index in [-0.39, 0.29) is 12.4 Å². The summed E-state index contributed by atoms with van der Waals surface area (Å²) in [6.45, 7) is 2.52. The van der Waals surface area contributed by atoms with Crippen LogP contribution in [0.2, 0.25) is 0 Å². The molecule has 0 radical (unpaired) electrons. The van der Waals surface area contributed by atoms with E-state index in [9.17, 15) is 4.79 Å². The van der Waals surface area contributed by atoms with Crippen LogP contribution in [0.15, 0.2) is 23.6 Å². The molecule has 0 aliphatic carbocycles. The molecular weight excluding hydrogens is 250 g/mol. The SMILES string of the molecule is Cc1csc(COc2ccc3c(c2)OCC3=O)n1. The summed E-state index contributed by atoms with van der Waals surface area (Å²) < 4.78 is 10.9. The maximum atomic E-state index is 11.4. The van der Waals surface area contributed by atoms with Crippen LogP contribution >= 0.6 is 11.3 Å². The number of thiazole rings is 1. The van der Waals surface area contributed by atoms with Crippen molar-refractivity contribution in [3.05, 3.63) is 39.8 Å². The lowest BCUT2D eigenvalue weighted by molar-refractivity contribution is 0.0961. The van der Waals surface area contributed by atoms with Crippen LogP contribution in [0, 0.1) is 6.92 Å². The molecule has 0 N–H and O–H groups in total. The van der Waals surface area contributed by atoms with E-state index in [0.717, 1.165) is 10.7 Å². The van der Waals surface area contributed by atoms with Crippen molar-refractivity contribution in [3.63, 3.8) is 0 Å². The number of fused-ring (bicyclic) bond motifs is 1. The van der Waals surface area contributed by atoms with E-state index in [1.165, 1.54) is 0 Å². The minimum Gasteiger partial charge on any atom is -0.486 e. The van der Waals surface area contributed by atoms with Crippen molar-refractivity contribution in [1.82, 2.24) is 4.98 Å². The molecule has 5 heteroatoms. The molecule has 1 aliphatic heterocycles. The molecule has 1 aromatic carbocycles. The highest BCUT2D eigenvalue weighted by Gasteiger charge is 2.21. The molecule has 92 valence electrons. The van der Waals surface area contributed by atoms with Crippen LogP contribution in [0.5, 0.6) is 11.5 Å². The molecule has 0 saturated carbocycles. The van der Waals surface area contributed by atoms with Gasteiger partial charge in [-0.05, 0) is 19.1 Å². The number of aryl methyl sites for hydroxylation is 1. The molecule has 4 nitrogen and oxygen atoms in total. The van der Waals surface area contributed by atoms with Gasteiger partial charge in [0.25, 0.3) is 0 Å². The van der Waals surface area contributed by atoms with Crippen LogP contribution in [0.25, 0.3) is 0 Å². The van der Waals surface area contributed by atoms with E-state index < -0.39 is 0 Å². The largest absolute Gasteiger partial charge is 0.486 e. The highest BCUT2D eigenvalue weighted by atomic mass is 32.1. The predicted molar refractivity (Wildman–Crippen MR) is 67.5 cm³/mol. The van der Waals surface area contributed by atoms with Crippen molar-refractivity contribution >= 4 is 17.1 Å². The van der Waals surface area contributed by atoms with E-state index >= 15 is 0 Å². The second-order valence-electron chi connectivity index (χ2n) is 4.04. The maximum absolute atomic E-state index is 11.4. The average Bonchev–Trinajstić information content (AvgIpc) is 2.94. The van der Waals surface area contributed by atoms with E-state index in [1.54, 1.807) is 29.5 Å². The highest BCUT2D eigenvalue weighted by Crippen LogP contribution is 2.29. The smallest absolute Gasteiger partial charge is 0.203 e. The summed E-state index contributed by atoms with van der Waals surface area (Å²) in [6, 6.07) is 5.28. The Hall–Kier alpha value is -1.88. The molecule has 0 bridgehead atoms. The van der Waals surface area contributed by atoms with Gasteiger partial charge in [-0.25, -0.2) is 4.98 Å². The Kier molecular flexibility index (Phi) is 2.76. The van der Waals surface area contributed by atoms with E-state index in [0.29, 0.717) is 23.7 Å². The number of rotatable bonds is 3. The fraction of sp³-hybridized carbons (Fsp3) is 0.231. The lowest BCUT2D eigenvalue weighted by Crippen LogP contribution is -1.98. The summed E-state index contributed by atoms with van der Waals surface area (Å²) in [5.74, 6) is 1.32. The van der Waals surface area contributed by atoms with Crippen molar-refractivity contribution in [2.45, 2.75) is 13.5 Å². The number of hydrogen-bond donors (Lipinski definition) is 0. The molecule has 1 aliphatic rings. The van der Waals surface area contributed by atoms with Crippen LogP contribution in [0.3, 0.4) is 0 Å². The van der Waals surface area contributed by atoms with E-state index in [1.807, 2.05) is 12.3 Å². The molecule has 3 rings (SSSR count). The molecule has 0 spiro atoms. The number of benzene rings is 1. The molecule has 1 aromatic heterocycles. The maximum Gasteiger partial charge on any atom is 0.203 e. The van der Waals surface area contributed by atoms with Crippen LogP contribution in [0.4, 0.5) is 0 Å². The normalized spacial score (nSPS) is 13.3. The summed E-state index contributed by atoms with van der Waals surface area (Å²) in [6.07, 6.45) is 0. The summed E-state index contributed by atoms with van der Waals surface area (Å²) in [4.78, 5) is 15.7. The van der Waals surface area contributed by atoms with Crippen LogP contribution in [0.1, 0.15) is 21.1 Å². The summed E-state index contributed by atoms with van der Waals surface area (Å²) in [5.41, 5.74) is 1.63. The lowest BCUT2D eigenvalue weighted by atomic mass is 10.1. The Morgan fingerprint density at radius 2 is 2.39 bits per heavy atom. The molecule has 0 atom stereocenters. The van der Waals surface area contributed by atoms with Gasteiger partial charge in [0.2, 0.25) is 5.78 Å². The second-order valence-corrected chi connectivity index (χ2v) is 4.98. The zero-order valence-electron chi connectivity index (χ0n) is 9.80. The fourth-order valence-electron chi connectivity index (χ4n) is 1.78. The predicted octanol–water partition coefficient (Wildman–Crippen LogP) is 2.61. The summed E-state index contributed by atoms with van der Waals surface area (Å²) in [5, 5.41) is 2.92. The third kappa shape index (κ3) is 2.09. The first kappa shape index (κ1) is 11.2. The Morgan fingerprint density at radius 1 is 1.50 bits per heavy atom. The first-order chi connectivity index (χ1) is 8.72. The molecule has 0 amide bonds. The monoisotopic (exact) mass is 261 g/mol. The van der Waals surface area contributed by atoms with Crippen LogP contribution in [-0.4, -0.2) is 17.4 Å². The third-order valence-corrected chi connectivity index (χ3v) is 3.58. The van der Waals surface area contributed by atoms with E-state index in [4.69, 9.17) is 9.47 Å². The fourth-order valence-corrected chi connectivity index (χ4v) is 2.46. The van der Waals surface area contributed by atoms with Gasteiger partial charge in [0.15, 0.2) is 6.61 Å². The Balaban J connectivity index is 1.72. The standard InChI is InChI=1S/C13H11NO3S/c1-8-7-18-13(14-8)6-16-9-2-3-10-11(15)5-17-12(10)4-9/h2-4,7H,5-6H2,1H3. The first-order valence-corrected chi connectivity index (χ1v) is 6.44. The molecule has 0 unspecified atom stereocenters. The highest BCUT2D eigenvalue weighted by molar-refractivity contribution is 7.09. The number of Topliss-reactive ketones (excluding diaryl/α,β-unsaturated/α-hetero) is 1. The summed E-state index contributed by atoms with van der Waals surface area (Å²) >= 11 is 1.57. The number of ketones is 1. The van der Waals surface area contributed by atoms with Gasteiger partial charge in [0.1, 0.15) is 23.1 Å². The Bertz CT molecular complexity index is 606. The van der Waals surface area contributed by atoms with Crippen molar-refractivity contribution < 1.29 is 14.3 Å². The Morgan fingerprint density at radius 3 is 3.17 bits per heavy atom. The zero-order valence-corrected chi connectivity index (χ0v) is 10.6. The lowest BCUT2D eigenvalue weighted by Gasteiger charge is -2.05. The number of hydrogen-bond acceptors (Lipinski definition) is 5. The quantitative estimate of drug-likeness (QED) is 0.852. The van der Waals surface area contributed by atoms with Gasteiger partial charge in [-0.2, -0.15) is 0 Å². The molecule has 2 aromatic rings. The topological polar surface area (TPSA) is 48.4 Å². The minimum absolute atomic E-state index is 0.0205. The molecule has 0 fully saturated rings. The van der Waals surface area contributed by atoms with Gasteiger partial charge in [-0.3, -0.25) is 4.79 Å². The van der Waals surface area contributed by atoms with Gasteiger partial charge < -0.3 is 9.47 Å². The minimum atomic E-state index is 0.0205. The first-order valence-electron chi connectivity index (χ1n) is 5.56. The van der Waals surface area contributed by atoms with Crippen molar-refractivity contribution in [2.75, 3.05) is 6.61 Å². The third-order valence-electron chi connectivity index (χ3n) is 2.64.